The Labute approximate surface area is 119 Å². The Morgan fingerprint density at radius 3 is 2.45 bits per heavy atom. The summed E-state index contributed by atoms with van der Waals surface area (Å²) in [7, 11) is 3.72. The summed E-state index contributed by atoms with van der Waals surface area (Å²) in [4.78, 5) is 14.1. The van der Waals surface area contributed by atoms with E-state index in [4.69, 9.17) is 4.74 Å². The van der Waals surface area contributed by atoms with Gasteiger partial charge < -0.3 is 9.64 Å². The normalized spacial score (nSPS) is 17.3. The van der Waals surface area contributed by atoms with Crippen molar-refractivity contribution in [3.63, 3.8) is 0 Å². The Morgan fingerprint density at radius 1 is 1.20 bits per heavy atom. The average molecular weight is 275 g/mol. The first-order valence-corrected chi connectivity index (χ1v) is 6.73. The maximum absolute atomic E-state index is 11.8. The van der Waals surface area contributed by atoms with E-state index >= 15 is 0 Å². The van der Waals surface area contributed by atoms with Crippen LogP contribution in [0.1, 0.15) is 5.56 Å². The van der Waals surface area contributed by atoms with Gasteiger partial charge >= 0.3 is 0 Å². The van der Waals surface area contributed by atoms with Crippen LogP contribution in [0.5, 0.6) is 5.75 Å². The summed E-state index contributed by atoms with van der Waals surface area (Å²) in [6.07, 6.45) is 3.35. The molecule has 5 heteroatoms. The summed E-state index contributed by atoms with van der Waals surface area (Å²) < 4.78 is 5.09. The van der Waals surface area contributed by atoms with Gasteiger partial charge in [-0.05, 0) is 30.8 Å². The lowest BCUT2D eigenvalue weighted by molar-refractivity contribution is -0.121. The molecule has 1 saturated heterocycles. The number of amides is 1. The highest BCUT2D eigenvalue weighted by atomic mass is 16.5. The number of nitrogens with one attached hydrogen (secondary N) is 1. The van der Waals surface area contributed by atoms with Gasteiger partial charge in [-0.25, -0.2) is 5.01 Å². The quantitative estimate of drug-likeness (QED) is 0.832. The first-order chi connectivity index (χ1) is 9.67. The molecule has 2 rings (SSSR count). The lowest BCUT2D eigenvalue weighted by Gasteiger charge is -2.31. The van der Waals surface area contributed by atoms with E-state index < -0.39 is 0 Å². The Hall–Kier alpha value is -1.85. The molecule has 20 heavy (non-hydrogen) atoms. The van der Waals surface area contributed by atoms with Gasteiger partial charge in [0.05, 0.1) is 7.11 Å². The number of ether oxygens (including phenoxy) is 1. The largest absolute Gasteiger partial charge is 0.497 e. The zero-order chi connectivity index (χ0) is 14.4. The van der Waals surface area contributed by atoms with Crippen LogP contribution in [0, 0.1) is 0 Å². The molecule has 0 radical (unpaired) electrons. The van der Waals surface area contributed by atoms with Crippen molar-refractivity contribution in [1.29, 1.82) is 0 Å². The molecule has 0 aliphatic carbocycles. The standard InChI is InChI=1S/C15H21N3O2/c1-17-9-11-18(12-10-17)16-15(19)8-5-13-3-6-14(20-2)7-4-13/h3-8H,9-12H2,1-2H3,(H,16,19). The highest BCUT2D eigenvalue weighted by Crippen LogP contribution is 2.12. The number of methoxy groups -OCH3 is 1. The lowest BCUT2D eigenvalue weighted by atomic mass is 10.2. The Balaban J connectivity index is 1.82. The summed E-state index contributed by atoms with van der Waals surface area (Å²) >= 11 is 0. The minimum absolute atomic E-state index is 0.0922. The van der Waals surface area contributed by atoms with E-state index in [1.807, 2.05) is 29.3 Å². The van der Waals surface area contributed by atoms with Gasteiger partial charge in [-0.1, -0.05) is 12.1 Å². The van der Waals surface area contributed by atoms with E-state index in [1.165, 1.54) is 0 Å². The van der Waals surface area contributed by atoms with Crippen molar-refractivity contribution in [3.05, 3.63) is 35.9 Å². The molecule has 1 fully saturated rings. The predicted octanol–water partition coefficient (Wildman–Crippen LogP) is 0.987. The topological polar surface area (TPSA) is 44.8 Å². The van der Waals surface area contributed by atoms with Crippen LogP contribution in [0.4, 0.5) is 0 Å². The minimum Gasteiger partial charge on any atom is -0.497 e. The van der Waals surface area contributed by atoms with Gasteiger partial charge in [0.25, 0.3) is 5.91 Å². The van der Waals surface area contributed by atoms with E-state index in [9.17, 15) is 4.79 Å². The monoisotopic (exact) mass is 275 g/mol. The molecule has 0 spiro atoms. The summed E-state index contributed by atoms with van der Waals surface area (Å²) in [5, 5.41) is 1.96. The lowest BCUT2D eigenvalue weighted by Crippen LogP contribution is -2.52. The molecule has 1 N–H and O–H groups in total. The van der Waals surface area contributed by atoms with Crippen LogP contribution in [-0.2, 0) is 4.79 Å². The number of carbonyl (C=O) groups is 1. The fraction of sp³-hybridized carbons (Fsp3) is 0.400. The molecule has 5 nitrogen and oxygen atoms in total. The number of hydrazine groups is 1. The van der Waals surface area contributed by atoms with Gasteiger partial charge in [0.1, 0.15) is 5.75 Å². The number of hydrogen-bond donors (Lipinski definition) is 1. The molecule has 1 aliphatic rings. The molecule has 0 unspecified atom stereocenters. The highest BCUT2D eigenvalue weighted by molar-refractivity contribution is 5.91. The molecule has 0 aromatic heterocycles. The molecule has 1 aromatic rings. The first-order valence-electron chi connectivity index (χ1n) is 6.73. The number of hydrogen-bond acceptors (Lipinski definition) is 4. The van der Waals surface area contributed by atoms with Crippen molar-refractivity contribution in [2.24, 2.45) is 0 Å². The van der Waals surface area contributed by atoms with Crippen LogP contribution in [0.15, 0.2) is 30.3 Å². The number of carbonyl (C=O) groups excluding carboxylic acids is 1. The van der Waals surface area contributed by atoms with E-state index in [-0.39, 0.29) is 5.91 Å². The van der Waals surface area contributed by atoms with Crippen LogP contribution in [-0.4, -0.2) is 56.2 Å². The molecule has 0 saturated carbocycles. The Morgan fingerprint density at radius 2 is 1.85 bits per heavy atom. The third kappa shape index (κ3) is 4.36. The Kier molecular flexibility index (Phi) is 5.15. The summed E-state index contributed by atoms with van der Waals surface area (Å²) in [5.41, 5.74) is 3.86. The van der Waals surface area contributed by atoms with Crippen molar-refractivity contribution >= 4 is 12.0 Å². The predicted molar refractivity (Wildman–Crippen MR) is 79.2 cm³/mol. The molecule has 0 bridgehead atoms. The third-order valence-electron chi connectivity index (χ3n) is 3.31. The van der Waals surface area contributed by atoms with Gasteiger partial charge in [-0.15, -0.1) is 0 Å². The van der Waals surface area contributed by atoms with Crippen molar-refractivity contribution in [2.75, 3.05) is 40.3 Å². The van der Waals surface area contributed by atoms with Gasteiger partial charge in [-0.3, -0.25) is 10.2 Å². The van der Waals surface area contributed by atoms with Crippen LogP contribution in [0.3, 0.4) is 0 Å². The fourth-order valence-electron chi connectivity index (χ4n) is 2.00. The molecule has 1 amide bonds. The average Bonchev–Trinajstić information content (AvgIpc) is 2.48. The maximum atomic E-state index is 11.8. The zero-order valence-electron chi connectivity index (χ0n) is 12.0. The number of likely N-dealkylation sites (N-methyl/N-ethyl adjacent to an activating group) is 1. The number of benzene rings is 1. The van der Waals surface area contributed by atoms with Gasteiger partial charge in [0.2, 0.25) is 0 Å². The summed E-state index contributed by atoms with van der Waals surface area (Å²) in [5.74, 6) is 0.717. The number of piperazine rings is 1. The van der Waals surface area contributed by atoms with E-state index in [1.54, 1.807) is 19.3 Å². The van der Waals surface area contributed by atoms with Crippen LogP contribution >= 0.6 is 0 Å². The van der Waals surface area contributed by atoms with Gasteiger partial charge in [0, 0.05) is 32.3 Å². The molecule has 0 atom stereocenters. The third-order valence-corrected chi connectivity index (χ3v) is 3.31. The Bertz CT molecular complexity index is 463. The van der Waals surface area contributed by atoms with Crippen molar-refractivity contribution in [2.45, 2.75) is 0 Å². The molecule has 1 heterocycles. The highest BCUT2D eigenvalue weighted by Gasteiger charge is 2.14. The molecular formula is C15H21N3O2. The maximum Gasteiger partial charge on any atom is 0.258 e. The second kappa shape index (κ2) is 7.07. The van der Waals surface area contributed by atoms with Crippen molar-refractivity contribution < 1.29 is 9.53 Å². The fourth-order valence-corrected chi connectivity index (χ4v) is 2.00. The van der Waals surface area contributed by atoms with Crippen LogP contribution in [0.25, 0.3) is 6.08 Å². The molecule has 1 aromatic carbocycles. The van der Waals surface area contributed by atoms with E-state index in [0.717, 1.165) is 37.5 Å². The van der Waals surface area contributed by atoms with Crippen LogP contribution < -0.4 is 10.2 Å². The zero-order valence-corrected chi connectivity index (χ0v) is 12.0. The van der Waals surface area contributed by atoms with E-state index in [2.05, 4.69) is 17.4 Å². The molecular weight excluding hydrogens is 254 g/mol. The second-order valence-electron chi connectivity index (χ2n) is 4.87. The summed E-state index contributed by atoms with van der Waals surface area (Å²) in [6.45, 7) is 3.67. The van der Waals surface area contributed by atoms with Crippen molar-refractivity contribution in [1.82, 2.24) is 15.3 Å². The summed E-state index contributed by atoms with van der Waals surface area (Å²) in [6, 6.07) is 7.58. The minimum atomic E-state index is -0.0922. The number of rotatable bonds is 4. The smallest absolute Gasteiger partial charge is 0.258 e. The molecule has 108 valence electrons. The van der Waals surface area contributed by atoms with E-state index in [0.29, 0.717) is 0 Å². The SMILES string of the molecule is COc1ccc(C=CC(=O)NN2CCN(C)CC2)cc1. The number of nitrogens with zero attached hydrogens (tertiary/aromatic N) is 2. The van der Waals surface area contributed by atoms with Crippen molar-refractivity contribution in [3.8, 4) is 5.75 Å². The first kappa shape index (κ1) is 14.6. The van der Waals surface area contributed by atoms with Gasteiger partial charge in [0.15, 0.2) is 0 Å². The van der Waals surface area contributed by atoms with Gasteiger partial charge in [-0.2, -0.15) is 0 Å². The van der Waals surface area contributed by atoms with Crippen LogP contribution in [0.2, 0.25) is 0 Å². The second-order valence-corrected chi connectivity index (χ2v) is 4.87. The molecule has 1 aliphatic heterocycles.